The van der Waals surface area contributed by atoms with E-state index in [2.05, 4.69) is 205 Å². The van der Waals surface area contributed by atoms with Crippen LogP contribution in [0.2, 0.25) is 0 Å². The van der Waals surface area contributed by atoms with Crippen LogP contribution in [0.15, 0.2) is 205 Å². The van der Waals surface area contributed by atoms with E-state index in [1.165, 1.54) is 66.1 Å². The fourth-order valence-corrected chi connectivity index (χ4v) is 9.90. The molecule has 55 heavy (non-hydrogen) atoms. The lowest BCUT2D eigenvalue weighted by Crippen LogP contribution is -2.28. The van der Waals surface area contributed by atoms with Crippen molar-refractivity contribution < 1.29 is 4.42 Å². The van der Waals surface area contributed by atoms with Gasteiger partial charge in [-0.3, -0.25) is 0 Å². The van der Waals surface area contributed by atoms with Gasteiger partial charge in [-0.1, -0.05) is 158 Å². The van der Waals surface area contributed by atoms with Gasteiger partial charge in [-0.15, -0.1) is 0 Å². The molecule has 2 aliphatic carbocycles. The van der Waals surface area contributed by atoms with Crippen molar-refractivity contribution in [3.05, 3.63) is 222 Å². The lowest BCUT2D eigenvalue weighted by Gasteiger charge is -2.35. The summed E-state index contributed by atoms with van der Waals surface area (Å²) in [7, 11) is 0. The molecule has 2 aliphatic rings. The van der Waals surface area contributed by atoms with Crippen LogP contribution >= 0.6 is 0 Å². The highest BCUT2D eigenvalue weighted by Gasteiger charge is 2.55. The molecule has 256 valence electrons. The van der Waals surface area contributed by atoms with Crippen LogP contribution in [-0.2, 0) is 5.41 Å². The van der Waals surface area contributed by atoms with Gasteiger partial charge in [0.1, 0.15) is 11.3 Å². The minimum atomic E-state index is -0.585. The van der Waals surface area contributed by atoms with E-state index in [4.69, 9.17) is 4.42 Å². The summed E-state index contributed by atoms with van der Waals surface area (Å²) in [5.41, 5.74) is 14.9. The number of hydrogen-bond acceptors (Lipinski definition) is 2. The molecule has 0 amide bonds. The van der Waals surface area contributed by atoms with Gasteiger partial charge >= 0.3 is 0 Å². The molecule has 1 unspecified atom stereocenters. The second kappa shape index (κ2) is 11.4. The highest BCUT2D eigenvalue weighted by atomic mass is 16.3. The van der Waals surface area contributed by atoms with Crippen LogP contribution in [0, 0.1) is 0 Å². The van der Waals surface area contributed by atoms with E-state index < -0.39 is 5.41 Å². The third-order valence-corrected chi connectivity index (χ3v) is 12.0. The first-order chi connectivity index (χ1) is 27.3. The molecule has 2 heteroatoms. The Labute approximate surface area is 319 Å². The first-order valence-electron chi connectivity index (χ1n) is 19.0. The summed E-state index contributed by atoms with van der Waals surface area (Å²) in [5, 5.41) is 6.22. The van der Waals surface area contributed by atoms with E-state index in [-0.39, 0.29) is 0 Å². The first-order valence-corrected chi connectivity index (χ1v) is 19.0. The number of anilines is 3. The molecule has 1 aromatic heterocycles. The van der Waals surface area contributed by atoms with E-state index in [0.717, 1.165) is 39.4 Å². The summed E-state index contributed by atoms with van der Waals surface area (Å²) in [5.74, 6) is 0.965. The minimum Gasteiger partial charge on any atom is -0.456 e. The molecule has 2 nitrogen and oxygen atoms in total. The topological polar surface area (TPSA) is 16.4 Å². The van der Waals surface area contributed by atoms with Crippen molar-refractivity contribution in [3.8, 4) is 33.6 Å². The summed E-state index contributed by atoms with van der Waals surface area (Å²) >= 11 is 0. The standard InChI is InChI=1S/C53H33NO/c1-2-16-36(17-3-1)54(37-31-29-34(30-32-37)45-33-35-15-4-5-18-38(35)39-19-6-7-20-40(39)45)48-27-14-24-42-41-21-8-11-25-46(41)53(50(42)48)47-26-12-9-22-43(47)52-51(53)44-23-10-13-28-49(44)55-52/h1-33H. The Morgan fingerprint density at radius 3 is 1.80 bits per heavy atom. The molecular formula is C53H33NO. The molecule has 0 aliphatic heterocycles. The Bertz CT molecular complexity index is 3160. The van der Waals surface area contributed by atoms with Crippen LogP contribution in [0.1, 0.15) is 22.3 Å². The van der Waals surface area contributed by atoms with Crippen LogP contribution in [0.4, 0.5) is 17.1 Å². The molecule has 1 heterocycles. The first kappa shape index (κ1) is 30.3. The molecule has 0 radical (unpaired) electrons. The second-order valence-electron chi connectivity index (χ2n) is 14.8. The maximum Gasteiger partial charge on any atom is 0.140 e. The quantitative estimate of drug-likeness (QED) is 0.170. The molecule has 12 rings (SSSR count). The van der Waals surface area contributed by atoms with Crippen molar-refractivity contribution in [2.24, 2.45) is 0 Å². The third kappa shape index (κ3) is 4.08. The number of rotatable bonds is 4. The Kier molecular flexibility index (Phi) is 6.29. The van der Waals surface area contributed by atoms with E-state index in [9.17, 15) is 0 Å². The number of nitrogens with zero attached hydrogens (tertiary/aromatic N) is 1. The van der Waals surface area contributed by atoms with Gasteiger partial charge in [0, 0.05) is 33.5 Å². The zero-order chi connectivity index (χ0) is 36.1. The van der Waals surface area contributed by atoms with Crippen LogP contribution < -0.4 is 4.90 Å². The minimum absolute atomic E-state index is 0.585. The van der Waals surface area contributed by atoms with Crippen molar-refractivity contribution in [1.82, 2.24) is 0 Å². The normalized spacial score (nSPS) is 15.0. The number of fused-ring (bicyclic) bond motifs is 15. The second-order valence-corrected chi connectivity index (χ2v) is 14.8. The van der Waals surface area contributed by atoms with Gasteiger partial charge in [-0.05, 0) is 97.4 Å². The zero-order valence-corrected chi connectivity index (χ0v) is 29.9. The van der Waals surface area contributed by atoms with Crippen molar-refractivity contribution >= 4 is 49.6 Å². The van der Waals surface area contributed by atoms with Gasteiger partial charge in [0.05, 0.1) is 11.1 Å². The van der Waals surface area contributed by atoms with Crippen LogP contribution in [0.5, 0.6) is 0 Å². The van der Waals surface area contributed by atoms with Crippen molar-refractivity contribution in [3.63, 3.8) is 0 Å². The summed E-state index contributed by atoms with van der Waals surface area (Å²) in [4.78, 5) is 2.46. The van der Waals surface area contributed by atoms with E-state index in [1.807, 2.05) is 0 Å². The summed E-state index contributed by atoms with van der Waals surface area (Å²) in [6.45, 7) is 0. The molecule has 0 bridgehead atoms. The number of para-hydroxylation sites is 2. The maximum absolute atomic E-state index is 6.82. The predicted molar refractivity (Wildman–Crippen MR) is 228 cm³/mol. The van der Waals surface area contributed by atoms with Crippen LogP contribution in [-0.4, -0.2) is 0 Å². The molecule has 0 fully saturated rings. The lowest BCUT2D eigenvalue weighted by atomic mass is 9.69. The van der Waals surface area contributed by atoms with Gasteiger partial charge in [0.15, 0.2) is 0 Å². The van der Waals surface area contributed by atoms with Gasteiger partial charge in [0.25, 0.3) is 0 Å². The smallest absolute Gasteiger partial charge is 0.140 e. The summed E-state index contributed by atoms with van der Waals surface area (Å²) in [6, 6.07) is 73.1. The summed E-state index contributed by atoms with van der Waals surface area (Å²) < 4.78 is 6.82. The maximum atomic E-state index is 6.82. The van der Waals surface area contributed by atoms with Crippen molar-refractivity contribution in [1.29, 1.82) is 0 Å². The van der Waals surface area contributed by atoms with E-state index in [0.29, 0.717) is 0 Å². The molecule has 0 saturated heterocycles. The highest BCUT2D eigenvalue weighted by molar-refractivity contribution is 6.14. The Morgan fingerprint density at radius 2 is 0.982 bits per heavy atom. The Morgan fingerprint density at radius 1 is 0.382 bits per heavy atom. The SMILES string of the molecule is c1ccc(N(c2ccc(-c3cc4ccccc4c4ccccc34)cc2)c2cccc3c2C2(c4ccccc4-3)c3ccccc3-c3oc4ccccc4c32)cc1. The fraction of sp³-hybridized carbons (Fsp3) is 0.0189. The zero-order valence-electron chi connectivity index (χ0n) is 29.9. The largest absolute Gasteiger partial charge is 0.456 e. The monoisotopic (exact) mass is 699 g/mol. The Hall–Kier alpha value is -7.16. The van der Waals surface area contributed by atoms with Crippen LogP contribution in [0.3, 0.4) is 0 Å². The van der Waals surface area contributed by atoms with E-state index in [1.54, 1.807) is 0 Å². The van der Waals surface area contributed by atoms with Gasteiger partial charge < -0.3 is 9.32 Å². The van der Waals surface area contributed by atoms with Gasteiger partial charge in [-0.2, -0.15) is 0 Å². The fourth-order valence-electron chi connectivity index (χ4n) is 9.90. The van der Waals surface area contributed by atoms with Crippen molar-refractivity contribution in [2.75, 3.05) is 4.90 Å². The lowest BCUT2D eigenvalue weighted by molar-refractivity contribution is 0.628. The molecular weight excluding hydrogens is 667 g/mol. The predicted octanol–water partition coefficient (Wildman–Crippen LogP) is 14.2. The molecule has 10 aromatic rings. The molecule has 1 atom stereocenters. The van der Waals surface area contributed by atoms with Crippen LogP contribution in [0.25, 0.3) is 66.1 Å². The summed E-state index contributed by atoms with van der Waals surface area (Å²) in [6.07, 6.45) is 0. The molecule has 1 spiro atoms. The molecule has 0 N–H and O–H groups in total. The average Bonchev–Trinajstić information content (AvgIpc) is 3.88. The number of benzene rings is 9. The highest BCUT2D eigenvalue weighted by Crippen LogP contribution is 2.67. The third-order valence-electron chi connectivity index (χ3n) is 12.0. The van der Waals surface area contributed by atoms with E-state index >= 15 is 0 Å². The average molecular weight is 700 g/mol. The molecule has 0 saturated carbocycles. The number of furan rings is 1. The van der Waals surface area contributed by atoms with Crippen molar-refractivity contribution in [2.45, 2.75) is 5.41 Å². The van der Waals surface area contributed by atoms with Gasteiger partial charge in [0.2, 0.25) is 0 Å². The van der Waals surface area contributed by atoms with Gasteiger partial charge in [-0.25, -0.2) is 0 Å². The number of hydrogen-bond donors (Lipinski definition) is 0. The molecule has 9 aromatic carbocycles. The Balaban J connectivity index is 1.12.